The minimum atomic E-state index is -0.487. The van der Waals surface area contributed by atoms with Crippen molar-refractivity contribution in [2.45, 2.75) is 26.7 Å². The molecule has 0 atom stereocenters. The van der Waals surface area contributed by atoms with Crippen LogP contribution in [-0.4, -0.2) is 23.5 Å². The third-order valence-electron chi connectivity index (χ3n) is 5.07. The number of nitrogen functional groups attached to an aromatic ring is 1. The van der Waals surface area contributed by atoms with Crippen LogP contribution >= 0.6 is 38.6 Å². The van der Waals surface area contributed by atoms with Crippen LogP contribution in [0.2, 0.25) is 0 Å². The van der Waals surface area contributed by atoms with Gasteiger partial charge in [-0.1, -0.05) is 41.9 Å². The van der Waals surface area contributed by atoms with E-state index >= 15 is 0 Å². The molecule has 3 N–H and O–H groups in total. The van der Waals surface area contributed by atoms with Crippen molar-refractivity contribution in [3.63, 3.8) is 0 Å². The van der Waals surface area contributed by atoms with E-state index < -0.39 is 5.97 Å². The number of rotatable bonds is 6. The molecule has 3 aromatic heterocycles. The van der Waals surface area contributed by atoms with Crippen molar-refractivity contribution in [2.75, 3.05) is 17.7 Å². The highest BCUT2D eigenvalue weighted by atomic mass is 79.9. The Balaban J connectivity index is 1.71. The number of fused-ring (bicyclic) bond motifs is 1. The normalized spacial score (nSPS) is 11.2. The van der Waals surface area contributed by atoms with Gasteiger partial charge in [-0.2, -0.15) is 0 Å². The van der Waals surface area contributed by atoms with Gasteiger partial charge in [0.15, 0.2) is 0 Å². The van der Waals surface area contributed by atoms with E-state index in [1.165, 1.54) is 22.7 Å². The summed E-state index contributed by atoms with van der Waals surface area (Å²) in [5.41, 5.74) is 9.51. The molecule has 4 rings (SSSR count). The number of anilines is 2. The van der Waals surface area contributed by atoms with Gasteiger partial charge in [0.2, 0.25) is 0 Å². The summed E-state index contributed by atoms with van der Waals surface area (Å²) >= 11 is 5.95. The number of esters is 1. The first-order chi connectivity index (χ1) is 15.8. The molecule has 33 heavy (non-hydrogen) atoms. The van der Waals surface area contributed by atoms with Gasteiger partial charge in [0, 0.05) is 26.5 Å². The number of pyridine rings is 1. The van der Waals surface area contributed by atoms with Crippen LogP contribution in [0.5, 0.6) is 0 Å². The molecule has 0 aliphatic rings. The average Bonchev–Trinajstić information content (AvgIpc) is 3.35. The summed E-state index contributed by atoms with van der Waals surface area (Å²) in [5.74, 6) is -0.596. The fourth-order valence-corrected chi connectivity index (χ4v) is 5.57. The topological polar surface area (TPSA) is 94.3 Å². The molecule has 3 heterocycles. The van der Waals surface area contributed by atoms with Crippen molar-refractivity contribution in [1.29, 1.82) is 0 Å². The minimum absolute atomic E-state index is 0.231. The maximum absolute atomic E-state index is 13.2. The van der Waals surface area contributed by atoms with Crippen molar-refractivity contribution >= 4 is 71.4 Å². The summed E-state index contributed by atoms with van der Waals surface area (Å²) in [6, 6.07) is 11.4. The van der Waals surface area contributed by atoms with E-state index in [4.69, 9.17) is 10.5 Å². The largest absolute Gasteiger partial charge is 0.462 e. The zero-order valence-corrected chi connectivity index (χ0v) is 21.5. The summed E-state index contributed by atoms with van der Waals surface area (Å²) in [4.78, 5) is 31.7. The monoisotopic (exact) mass is 543 g/mol. The molecular formula is C24H22BrN3O3S2. The summed E-state index contributed by atoms with van der Waals surface area (Å²) < 4.78 is 6.22. The lowest BCUT2D eigenvalue weighted by Gasteiger charge is -2.09. The van der Waals surface area contributed by atoms with E-state index in [1.54, 1.807) is 6.92 Å². The van der Waals surface area contributed by atoms with Crippen LogP contribution in [0.3, 0.4) is 0 Å². The molecule has 0 unspecified atom stereocenters. The summed E-state index contributed by atoms with van der Waals surface area (Å²) in [6.45, 7) is 6.11. The summed E-state index contributed by atoms with van der Waals surface area (Å²) in [6.07, 6.45) is 0. The van der Waals surface area contributed by atoms with Crippen molar-refractivity contribution in [3.8, 4) is 11.1 Å². The third-order valence-corrected chi connectivity index (χ3v) is 7.60. The van der Waals surface area contributed by atoms with Gasteiger partial charge in [0.05, 0.1) is 12.3 Å². The van der Waals surface area contributed by atoms with Crippen LogP contribution in [0.15, 0.2) is 46.3 Å². The third kappa shape index (κ3) is 4.66. The van der Waals surface area contributed by atoms with E-state index in [-0.39, 0.29) is 18.4 Å². The number of carbonyl (C=O) groups is 2. The number of thiophene rings is 2. The molecule has 1 amide bonds. The number of halogens is 1. The van der Waals surface area contributed by atoms with Crippen molar-refractivity contribution < 1.29 is 14.3 Å². The Labute approximate surface area is 207 Å². The smallest absolute Gasteiger partial charge is 0.341 e. The first kappa shape index (κ1) is 23.4. The highest BCUT2D eigenvalue weighted by molar-refractivity contribution is 9.10. The molecule has 0 aliphatic heterocycles. The summed E-state index contributed by atoms with van der Waals surface area (Å²) in [5, 5.41) is 5.89. The van der Waals surface area contributed by atoms with Crippen molar-refractivity contribution in [2.24, 2.45) is 0 Å². The molecule has 0 fully saturated rings. The number of carbonyl (C=O) groups excluding carboxylic acids is 2. The van der Waals surface area contributed by atoms with E-state index in [9.17, 15) is 9.59 Å². The Morgan fingerprint density at radius 3 is 2.58 bits per heavy atom. The lowest BCUT2D eigenvalue weighted by Crippen LogP contribution is -2.14. The number of amides is 1. The average molecular weight is 544 g/mol. The molecular weight excluding hydrogens is 522 g/mol. The quantitative estimate of drug-likeness (QED) is 0.257. The Morgan fingerprint density at radius 1 is 1.18 bits per heavy atom. The Morgan fingerprint density at radius 2 is 1.91 bits per heavy atom. The fraction of sp³-hybridized carbons (Fsp3) is 0.208. The number of benzene rings is 1. The predicted octanol–water partition coefficient (Wildman–Crippen LogP) is 6.92. The Hall–Kier alpha value is -2.75. The number of hydrogen-bond donors (Lipinski definition) is 2. The molecule has 170 valence electrons. The van der Waals surface area contributed by atoms with Gasteiger partial charge in [-0.3, -0.25) is 4.79 Å². The molecule has 0 spiro atoms. The number of ether oxygens (including phenoxy) is 1. The zero-order chi connectivity index (χ0) is 23.7. The van der Waals surface area contributed by atoms with Crippen LogP contribution < -0.4 is 11.1 Å². The van der Waals surface area contributed by atoms with E-state index in [0.717, 1.165) is 25.9 Å². The van der Waals surface area contributed by atoms with Crippen LogP contribution in [0.25, 0.3) is 21.3 Å². The van der Waals surface area contributed by atoms with E-state index in [2.05, 4.69) is 40.1 Å². The lowest BCUT2D eigenvalue weighted by molar-refractivity contribution is 0.0529. The van der Waals surface area contributed by atoms with Gasteiger partial charge in [-0.25, -0.2) is 9.78 Å². The number of hydrogen-bond acceptors (Lipinski definition) is 7. The molecule has 1 aromatic carbocycles. The first-order valence-electron chi connectivity index (χ1n) is 10.3. The van der Waals surface area contributed by atoms with Crippen LogP contribution in [0.1, 0.15) is 52.4 Å². The maximum Gasteiger partial charge on any atom is 0.341 e. The second kappa shape index (κ2) is 9.62. The number of nitrogens with zero attached hydrogens (tertiary/aromatic N) is 1. The molecule has 6 nitrogen and oxygen atoms in total. The second-order valence-electron chi connectivity index (χ2n) is 7.62. The van der Waals surface area contributed by atoms with Crippen LogP contribution in [-0.2, 0) is 4.74 Å². The standard InChI is InChI=1S/C24H22BrN3O3S2/c1-4-31-24(30)18-16(13-5-7-14(25)8-6-13)11-32-23(18)28-21(29)20-19(26)15-9-10-17(12(2)3)27-22(15)33-20/h5-12H,4,26H2,1-3H3,(H,28,29). The summed E-state index contributed by atoms with van der Waals surface area (Å²) in [7, 11) is 0. The molecule has 0 bridgehead atoms. The number of nitrogens with two attached hydrogens (primary N) is 1. The van der Waals surface area contributed by atoms with Gasteiger partial charge in [-0.05, 0) is 42.7 Å². The minimum Gasteiger partial charge on any atom is -0.462 e. The Bertz CT molecular complexity index is 1340. The van der Waals surface area contributed by atoms with Gasteiger partial charge < -0.3 is 15.8 Å². The molecule has 0 saturated heterocycles. The number of nitrogens with one attached hydrogen (secondary N) is 1. The van der Waals surface area contributed by atoms with Crippen LogP contribution in [0.4, 0.5) is 10.7 Å². The van der Waals surface area contributed by atoms with Gasteiger partial charge in [0.25, 0.3) is 5.91 Å². The number of aromatic nitrogens is 1. The Kier molecular flexibility index (Phi) is 6.83. The van der Waals surface area contributed by atoms with Crippen molar-refractivity contribution in [3.05, 3.63) is 62.4 Å². The SMILES string of the molecule is CCOC(=O)c1c(-c2ccc(Br)cc2)csc1NC(=O)c1sc2nc(C(C)C)ccc2c1N. The molecule has 0 saturated carbocycles. The van der Waals surface area contributed by atoms with E-state index in [0.29, 0.717) is 26.7 Å². The highest BCUT2D eigenvalue weighted by Crippen LogP contribution is 2.39. The maximum atomic E-state index is 13.2. The first-order valence-corrected chi connectivity index (χ1v) is 12.8. The fourth-order valence-electron chi connectivity index (χ4n) is 3.36. The highest BCUT2D eigenvalue weighted by Gasteiger charge is 2.25. The van der Waals surface area contributed by atoms with Gasteiger partial charge in [0.1, 0.15) is 20.3 Å². The van der Waals surface area contributed by atoms with Gasteiger partial charge in [-0.15, -0.1) is 22.7 Å². The molecule has 4 aromatic rings. The predicted molar refractivity (Wildman–Crippen MR) is 139 cm³/mol. The second-order valence-corrected chi connectivity index (χ2v) is 10.4. The van der Waals surface area contributed by atoms with Crippen LogP contribution in [0, 0.1) is 0 Å². The van der Waals surface area contributed by atoms with E-state index in [1.807, 2.05) is 41.8 Å². The molecule has 0 radical (unpaired) electrons. The zero-order valence-electron chi connectivity index (χ0n) is 18.3. The molecule has 0 aliphatic carbocycles. The van der Waals surface area contributed by atoms with Gasteiger partial charge >= 0.3 is 5.97 Å². The lowest BCUT2D eigenvalue weighted by atomic mass is 10.0. The molecule has 9 heteroatoms. The van der Waals surface area contributed by atoms with Crippen molar-refractivity contribution in [1.82, 2.24) is 4.98 Å².